The Balaban J connectivity index is 3.86. The van der Waals surface area contributed by atoms with Crippen molar-refractivity contribution in [2.45, 2.75) is 142 Å². The van der Waals surface area contributed by atoms with Crippen LogP contribution in [0.3, 0.4) is 0 Å². The van der Waals surface area contributed by atoms with Crippen molar-refractivity contribution in [1.82, 2.24) is 0 Å². The fourth-order valence-corrected chi connectivity index (χ4v) is 3.62. The van der Waals surface area contributed by atoms with Gasteiger partial charge < -0.3 is 14.2 Å². The Morgan fingerprint density at radius 3 is 1.53 bits per heavy atom. The summed E-state index contributed by atoms with van der Waals surface area (Å²) in [4.78, 5) is 11.1. The van der Waals surface area contributed by atoms with Crippen LogP contribution < -0.4 is 0 Å². The summed E-state index contributed by atoms with van der Waals surface area (Å²) in [7, 11) is 1.46. The smallest absolute Gasteiger partial charge is 0.305 e. The maximum Gasteiger partial charge on any atom is 0.305 e. The van der Waals surface area contributed by atoms with E-state index in [1.54, 1.807) is 0 Å². The third-order valence-electron chi connectivity index (χ3n) is 5.65. The van der Waals surface area contributed by atoms with Crippen LogP contribution in [0.2, 0.25) is 0 Å². The number of unbranched alkanes of at least 4 members (excludes halogenated alkanes) is 14. The molecule has 0 unspecified atom stereocenters. The number of carbonyl (C=O) groups excluding carboxylic acids is 1. The van der Waals surface area contributed by atoms with Gasteiger partial charge >= 0.3 is 5.97 Å². The summed E-state index contributed by atoms with van der Waals surface area (Å²) in [6.07, 6.45) is 22.5. The Hall–Kier alpha value is -0.610. The molecule has 0 aliphatic heterocycles. The van der Waals surface area contributed by atoms with E-state index in [9.17, 15) is 4.79 Å². The lowest BCUT2D eigenvalue weighted by Crippen LogP contribution is -2.19. The van der Waals surface area contributed by atoms with Gasteiger partial charge in [0.15, 0.2) is 6.29 Å². The Morgan fingerprint density at radius 1 is 0.600 bits per heavy atom. The van der Waals surface area contributed by atoms with E-state index in [-0.39, 0.29) is 12.3 Å². The van der Waals surface area contributed by atoms with Gasteiger partial charge in [-0.1, -0.05) is 97.3 Å². The minimum absolute atomic E-state index is 0.0358. The zero-order valence-corrected chi connectivity index (χ0v) is 20.6. The fourth-order valence-electron chi connectivity index (χ4n) is 3.62. The van der Waals surface area contributed by atoms with E-state index in [4.69, 9.17) is 9.47 Å². The van der Waals surface area contributed by atoms with Gasteiger partial charge in [-0.25, -0.2) is 0 Å². The first-order valence-corrected chi connectivity index (χ1v) is 13.0. The fraction of sp³-hybridized carbons (Fsp3) is 0.962. The van der Waals surface area contributed by atoms with E-state index in [1.807, 2.05) is 0 Å². The molecule has 0 bridgehead atoms. The minimum atomic E-state index is -0.0961. The van der Waals surface area contributed by atoms with E-state index in [1.165, 1.54) is 84.2 Å². The van der Waals surface area contributed by atoms with Crippen LogP contribution in [0, 0.1) is 0 Å². The van der Waals surface area contributed by atoms with Gasteiger partial charge in [0.1, 0.15) is 0 Å². The maximum absolute atomic E-state index is 11.1. The summed E-state index contributed by atoms with van der Waals surface area (Å²) in [5.41, 5.74) is 0. The number of esters is 1. The Kier molecular flexibility index (Phi) is 24.2. The van der Waals surface area contributed by atoms with Crippen LogP contribution in [-0.2, 0) is 19.0 Å². The topological polar surface area (TPSA) is 44.8 Å². The van der Waals surface area contributed by atoms with Gasteiger partial charge in [0.05, 0.1) is 7.11 Å². The first kappa shape index (κ1) is 29.4. The standard InChI is InChI=1S/C26H52O4/c1-4-6-8-10-15-19-23-29-26(30-24-20-16-11-9-7-5-2)22-18-14-12-13-17-21-25(27)28-3/h26H,4-24H2,1-3H3. The summed E-state index contributed by atoms with van der Waals surface area (Å²) in [5, 5.41) is 0. The highest BCUT2D eigenvalue weighted by molar-refractivity contribution is 5.68. The van der Waals surface area contributed by atoms with E-state index in [2.05, 4.69) is 18.6 Å². The van der Waals surface area contributed by atoms with Crippen molar-refractivity contribution in [2.24, 2.45) is 0 Å². The third-order valence-corrected chi connectivity index (χ3v) is 5.65. The first-order chi connectivity index (χ1) is 14.7. The zero-order chi connectivity index (χ0) is 22.1. The molecule has 0 radical (unpaired) electrons. The van der Waals surface area contributed by atoms with Gasteiger partial charge in [0.25, 0.3) is 0 Å². The molecule has 0 aromatic heterocycles. The summed E-state index contributed by atoms with van der Waals surface area (Å²) in [6.45, 7) is 6.17. The van der Waals surface area contributed by atoms with Crippen molar-refractivity contribution < 1.29 is 19.0 Å². The summed E-state index contributed by atoms with van der Waals surface area (Å²) in [5.74, 6) is -0.0961. The molecule has 30 heavy (non-hydrogen) atoms. The second-order valence-electron chi connectivity index (χ2n) is 8.59. The average molecular weight is 429 g/mol. The molecule has 0 aliphatic rings. The minimum Gasteiger partial charge on any atom is -0.469 e. The van der Waals surface area contributed by atoms with Gasteiger partial charge in [-0.2, -0.15) is 0 Å². The summed E-state index contributed by atoms with van der Waals surface area (Å²) >= 11 is 0. The van der Waals surface area contributed by atoms with Crippen LogP contribution in [-0.4, -0.2) is 32.6 Å². The lowest BCUT2D eigenvalue weighted by Gasteiger charge is -2.19. The molecule has 4 nitrogen and oxygen atoms in total. The summed E-state index contributed by atoms with van der Waals surface area (Å²) in [6, 6.07) is 0. The number of hydrogen-bond donors (Lipinski definition) is 0. The van der Waals surface area contributed by atoms with Gasteiger partial charge in [-0.3, -0.25) is 4.79 Å². The highest BCUT2D eigenvalue weighted by atomic mass is 16.7. The van der Waals surface area contributed by atoms with Crippen LogP contribution in [0.5, 0.6) is 0 Å². The van der Waals surface area contributed by atoms with Crippen molar-refractivity contribution in [2.75, 3.05) is 20.3 Å². The molecule has 0 aromatic carbocycles. The third kappa shape index (κ3) is 22.1. The molecule has 0 saturated heterocycles. The van der Waals surface area contributed by atoms with E-state index >= 15 is 0 Å². The molecule has 0 aliphatic carbocycles. The lowest BCUT2D eigenvalue weighted by atomic mass is 10.1. The molecule has 0 spiro atoms. The summed E-state index contributed by atoms with van der Waals surface area (Å²) < 4.78 is 16.9. The molecule has 0 aromatic rings. The van der Waals surface area contributed by atoms with Gasteiger partial charge in [0.2, 0.25) is 0 Å². The lowest BCUT2D eigenvalue weighted by molar-refractivity contribution is -0.148. The number of ether oxygens (including phenoxy) is 3. The largest absolute Gasteiger partial charge is 0.469 e. The average Bonchev–Trinajstić information content (AvgIpc) is 2.76. The Morgan fingerprint density at radius 2 is 1.03 bits per heavy atom. The first-order valence-electron chi connectivity index (χ1n) is 13.0. The molecule has 0 heterocycles. The van der Waals surface area contributed by atoms with Crippen molar-refractivity contribution >= 4 is 5.97 Å². The molecule has 0 rings (SSSR count). The van der Waals surface area contributed by atoms with Crippen molar-refractivity contribution in [3.05, 3.63) is 0 Å². The molecular weight excluding hydrogens is 376 g/mol. The van der Waals surface area contributed by atoms with E-state index in [0.717, 1.165) is 51.7 Å². The predicted molar refractivity (Wildman–Crippen MR) is 127 cm³/mol. The number of methoxy groups -OCH3 is 1. The normalized spacial score (nSPS) is 11.3. The highest BCUT2D eigenvalue weighted by Gasteiger charge is 2.09. The monoisotopic (exact) mass is 428 g/mol. The number of rotatable bonds is 24. The molecule has 0 N–H and O–H groups in total. The second kappa shape index (κ2) is 24.7. The number of carbonyl (C=O) groups is 1. The SMILES string of the molecule is CCCCCCCCOC(CCCCCCCC(=O)OC)OCCCCCCCC. The van der Waals surface area contributed by atoms with E-state index in [0.29, 0.717) is 6.42 Å². The van der Waals surface area contributed by atoms with Crippen molar-refractivity contribution in [1.29, 1.82) is 0 Å². The van der Waals surface area contributed by atoms with Crippen molar-refractivity contribution in [3.8, 4) is 0 Å². The van der Waals surface area contributed by atoms with Crippen LogP contribution >= 0.6 is 0 Å². The zero-order valence-electron chi connectivity index (χ0n) is 20.6. The molecule has 180 valence electrons. The van der Waals surface area contributed by atoms with Crippen LogP contribution in [0.15, 0.2) is 0 Å². The van der Waals surface area contributed by atoms with Gasteiger partial charge in [0, 0.05) is 19.6 Å². The predicted octanol–water partition coefficient (Wildman–Crippen LogP) is 7.97. The second-order valence-corrected chi connectivity index (χ2v) is 8.59. The Bertz CT molecular complexity index is 328. The van der Waals surface area contributed by atoms with E-state index < -0.39 is 0 Å². The number of hydrogen-bond acceptors (Lipinski definition) is 4. The van der Waals surface area contributed by atoms with Crippen LogP contribution in [0.4, 0.5) is 0 Å². The van der Waals surface area contributed by atoms with Crippen LogP contribution in [0.25, 0.3) is 0 Å². The van der Waals surface area contributed by atoms with Crippen molar-refractivity contribution in [3.63, 3.8) is 0 Å². The van der Waals surface area contributed by atoms with Gasteiger partial charge in [-0.05, 0) is 32.1 Å². The van der Waals surface area contributed by atoms with Gasteiger partial charge in [-0.15, -0.1) is 0 Å². The maximum atomic E-state index is 11.1. The quantitative estimate of drug-likeness (QED) is 0.0888. The molecule has 0 amide bonds. The molecule has 0 fully saturated rings. The molecular formula is C26H52O4. The molecule has 4 heteroatoms. The highest BCUT2D eigenvalue weighted by Crippen LogP contribution is 2.14. The van der Waals surface area contributed by atoms with Crippen LogP contribution in [0.1, 0.15) is 136 Å². The molecule has 0 atom stereocenters. The molecule has 0 saturated carbocycles. The Labute approximate surface area is 187 Å².